The van der Waals surface area contributed by atoms with Gasteiger partial charge < -0.3 is 15.3 Å². The van der Waals surface area contributed by atoms with Crippen LogP contribution in [-0.4, -0.2) is 65.8 Å². The molecule has 2 amide bonds. The van der Waals surface area contributed by atoms with Crippen LogP contribution >= 0.6 is 0 Å². The Morgan fingerprint density at radius 2 is 1.91 bits per heavy atom. The average molecular weight is 323 g/mol. The first-order chi connectivity index (χ1) is 11.1. The van der Waals surface area contributed by atoms with E-state index in [0.717, 1.165) is 31.8 Å². The van der Waals surface area contributed by atoms with E-state index in [9.17, 15) is 9.90 Å². The number of hydrogen-bond acceptors (Lipinski definition) is 3. The van der Waals surface area contributed by atoms with Gasteiger partial charge >= 0.3 is 6.03 Å². The lowest BCUT2D eigenvalue weighted by Crippen LogP contribution is -2.54. The van der Waals surface area contributed by atoms with Crippen LogP contribution in [-0.2, 0) is 0 Å². The molecule has 0 aromatic carbocycles. The van der Waals surface area contributed by atoms with Crippen molar-refractivity contribution in [1.82, 2.24) is 15.1 Å². The van der Waals surface area contributed by atoms with Gasteiger partial charge in [0.25, 0.3) is 0 Å². The minimum atomic E-state index is -0.351. The Kier molecular flexibility index (Phi) is 5.81. The van der Waals surface area contributed by atoms with E-state index in [0.29, 0.717) is 12.5 Å². The van der Waals surface area contributed by atoms with Crippen molar-refractivity contribution < 1.29 is 9.90 Å². The second-order valence-electron chi connectivity index (χ2n) is 7.86. The summed E-state index contributed by atoms with van der Waals surface area (Å²) in [7, 11) is 1.79. The zero-order valence-electron chi connectivity index (χ0n) is 14.5. The number of aliphatic hydroxyl groups is 1. The van der Waals surface area contributed by atoms with Crippen LogP contribution < -0.4 is 5.32 Å². The number of carbonyl (C=O) groups is 1. The third-order valence-corrected chi connectivity index (χ3v) is 5.85. The summed E-state index contributed by atoms with van der Waals surface area (Å²) in [5.41, 5.74) is 0. The standard InChI is InChI=1S/C18H33N3O2/c1-20(13-17(22)14-9-10-14)18(23)19-15-6-5-11-21(12-15)16-7-3-2-4-8-16/h14-17,22H,2-13H2,1H3,(H,19,23)/t15-,17+/m1/s1. The highest BCUT2D eigenvalue weighted by molar-refractivity contribution is 5.74. The van der Waals surface area contributed by atoms with Crippen molar-refractivity contribution in [3.05, 3.63) is 0 Å². The van der Waals surface area contributed by atoms with Gasteiger partial charge in [-0.05, 0) is 51.0 Å². The molecular formula is C18H33N3O2. The number of carbonyl (C=O) groups excluding carboxylic acids is 1. The van der Waals surface area contributed by atoms with Crippen LogP contribution in [0.1, 0.15) is 57.8 Å². The van der Waals surface area contributed by atoms with Crippen molar-refractivity contribution in [3.8, 4) is 0 Å². The molecule has 2 saturated carbocycles. The molecule has 3 aliphatic rings. The number of aliphatic hydroxyl groups excluding tert-OH is 1. The van der Waals surface area contributed by atoms with E-state index in [1.54, 1.807) is 11.9 Å². The molecule has 2 N–H and O–H groups in total. The monoisotopic (exact) mass is 323 g/mol. The van der Waals surface area contributed by atoms with Crippen molar-refractivity contribution in [2.75, 3.05) is 26.7 Å². The minimum Gasteiger partial charge on any atom is -0.391 e. The summed E-state index contributed by atoms with van der Waals surface area (Å²) in [5.74, 6) is 0.418. The molecule has 2 atom stereocenters. The molecule has 5 nitrogen and oxygen atoms in total. The van der Waals surface area contributed by atoms with Crippen molar-refractivity contribution in [2.24, 2.45) is 5.92 Å². The quantitative estimate of drug-likeness (QED) is 0.815. The molecule has 0 aromatic rings. The van der Waals surface area contributed by atoms with Crippen LogP contribution in [0.3, 0.4) is 0 Å². The van der Waals surface area contributed by atoms with Crippen molar-refractivity contribution >= 4 is 6.03 Å². The molecule has 1 aliphatic heterocycles. The SMILES string of the molecule is CN(C[C@H](O)C1CC1)C(=O)N[C@@H]1CCCN(C2CCCCC2)C1. The number of amides is 2. The summed E-state index contributed by atoms with van der Waals surface area (Å²) >= 11 is 0. The molecule has 3 fully saturated rings. The van der Waals surface area contributed by atoms with Gasteiger partial charge in [0.05, 0.1) is 6.10 Å². The highest BCUT2D eigenvalue weighted by Crippen LogP contribution is 2.32. The van der Waals surface area contributed by atoms with Crippen LogP contribution in [0.5, 0.6) is 0 Å². The predicted molar refractivity (Wildman–Crippen MR) is 91.4 cm³/mol. The lowest BCUT2D eigenvalue weighted by molar-refractivity contribution is 0.0991. The molecule has 23 heavy (non-hydrogen) atoms. The molecule has 132 valence electrons. The van der Waals surface area contributed by atoms with E-state index in [1.165, 1.54) is 45.1 Å². The second-order valence-corrected chi connectivity index (χ2v) is 7.86. The van der Waals surface area contributed by atoms with Gasteiger partial charge in [-0.1, -0.05) is 19.3 Å². The van der Waals surface area contributed by atoms with Gasteiger partial charge in [0.1, 0.15) is 0 Å². The van der Waals surface area contributed by atoms with E-state index in [2.05, 4.69) is 10.2 Å². The van der Waals surface area contributed by atoms with Gasteiger partial charge in [-0.2, -0.15) is 0 Å². The Hall–Kier alpha value is -0.810. The van der Waals surface area contributed by atoms with Gasteiger partial charge in [-0.3, -0.25) is 4.90 Å². The van der Waals surface area contributed by atoms with E-state index < -0.39 is 0 Å². The number of urea groups is 1. The smallest absolute Gasteiger partial charge is 0.317 e. The fourth-order valence-electron chi connectivity index (χ4n) is 4.18. The summed E-state index contributed by atoms with van der Waals surface area (Å²) < 4.78 is 0. The highest BCUT2D eigenvalue weighted by atomic mass is 16.3. The Morgan fingerprint density at radius 3 is 2.61 bits per heavy atom. The number of nitrogens with one attached hydrogen (secondary N) is 1. The lowest BCUT2D eigenvalue weighted by Gasteiger charge is -2.40. The van der Waals surface area contributed by atoms with Crippen molar-refractivity contribution in [1.29, 1.82) is 0 Å². The topological polar surface area (TPSA) is 55.8 Å². The maximum absolute atomic E-state index is 12.4. The Bertz CT molecular complexity index is 394. The molecule has 2 aliphatic carbocycles. The van der Waals surface area contributed by atoms with Crippen LogP contribution in [0, 0.1) is 5.92 Å². The highest BCUT2D eigenvalue weighted by Gasteiger charge is 2.32. The fraction of sp³-hybridized carbons (Fsp3) is 0.944. The number of hydrogen-bond donors (Lipinski definition) is 2. The Balaban J connectivity index is 1.43. The molecule has 1 heterocycles. The first kappa shape index (κ1) is 17.0. The molecule has 1 saturated heterocycles. The fourth-order valence-corrected chi connectivity index (χ4v) is 4.18. The summed E-state index contributed by atoms with van der Waals surface area (Å²) in [5, 5.41) is 13.2. The second kappa shape index (κ2) is 7.84. The third kappa shape index (κ3) is 4.83. The first-order valence-corrected chi connectivity index (χ1v) is 9.57. The van der Waals surface area contributed by atoms with E-state index >= 15 is 0 Å². The number of piperidine rings is 1. The van der Waals surface area contributed by atoms with Crippen LogP contribution in [0.2, 0.25) is 0 Å². The Labute approximate surface area is 140 Å². The van der Waals surface area contributed by atoms with E-state index in [-0.39, 0.29) is 18.2 Å². The average Bonchev–Trinajstić information content (AvgIpc) is 3.41. The number of rotatable bonds is 5. The summed E-state index contributed by atoms with van der Waals surface area (Å²) in [4.78, 5) is 16.6. The normalized spacial score (nSPS) is 28.3. The molecule has 0 spiro atoms. The maximum Gasteiger partial charge on any atom is 0.317 e. The van der Waals surface area contributed by atoms with Crippen LogP contribution in [0.4, 0.5) is 4.79 Å². The Morgan fingerprint density at radius 1 is 1.17 bits per heavy atom. The number of likely N-dealkylation sites (tertiary alicyclic amines) is 1. The first-order valence-electron chi connectivity index (χ1n) is 9.57. The number of likely N-dealkylation sites (N-methyl/N-ethyl adjacent to an activating group) is 1. The van der Waals surface area contributed by atoms with Gasteiger partial charge in [-0.25, -0.2) is 4.79 Å². The van der Waals surface area contributed by atoms with E-state index in [1.807, 2.05) is 0 Å². The summed E-state index contributed by atoms with van der Waals surface area (Å²) in [6.07, 6.45) is 10.9. The summed E-state index contributed by atoms with van der Waals surface area (Å²) in [6.45, 7) is 2.64. The molecule has 5 heteroatoms. The molecule has 0 aromatic heterocycles. The van der Waals surface area contributed by atoms with Gasteiger partial charge in [-0.15, -0.1) is 0 Å². The minimum absolute atomic E-state index is 0.0276. The van der Waals surface area contributed by atoms with Gasteiger partial charge in [0, 0.05) is 32.2 Å². The number of nitrogens with zero attached hydrogens (tertiary/aromatic N) is 2. The molecular weight excluding hydrogens is 290 g/mol. The zero-order valence-corrected chi connectivity index (χ0v) is 14.5. The zero-order chi connectivity index (χ0) is 16.2. The molecule has 0 bridgehead atoms. The molecule has 0 unspecified atom stereocenters. The maximum atomic E-state index is 12.4. The largest absolute Gasteiger partial charge is 0.391 e. The molecule has 3 rings (SSSR count). The lowest BCUT2D eigenvalue weighted by atomic mass is 9.92. The predicted octanol–water partition coefficient (Wildman–Crippen LogP) is 2.20. The van der Waals surface area contributed by atoms with Crippen LogP contribution in [0.25, 0.3) is 0 Å². The molecule has 0 radical (unpaired) electrons. The van der Waals surface area contributed by atoms with Crippen molar-refractivity contribution in [2.45, 2.75) is 76.0 Å². The van der Waals surface area contributed by atoms with Gasteiger partial charge in [0.15, 0.2) is 0 Å². The van der Waals surface area contributed by atoms with Gasteiger partial charge in [0.2, 0.25) is 0 Å². The third-order valence-electron chi connectivity index (χ3n) is 5.85. The van der Waals surface area contributed by atoms with E-state index in [4.69, 9.17) is 0 Å². The van der Waals surface area contributed by atoms with Crippen molar-refractivity contribution in [3.63, 3.8) is 0 Å². The summed E-state index contributed by atoms with van der Waals surface area (Å²) in [6, 6.07) is 0.969. The van der Waals surface area contributed by atoms with Crippen LogP contribution in [0.15, 0.2) is 0 Å².